The average molecular weight is 275 g/mol. The maximum atomic E-state index is 11.9. The van der Waals surface area contributed by atoms with E-state index in [1.807, 2.05) is 12.3 Å². The number of phenols is 1. The van der Waals surface area contributed by atoms with E-state index in [2.05, 4.69) is 10.4 Å². The number of aromatic nitrogens is 2. The van der Waals surface area contributed by atoms with Crippen LogP contribution in [0.1, 0.15) is 16.8 Å². The second-order valence-electron chi connectivity index (χ2n) is 4.26. The number of nitrogens with one attached hydrogen (secondary N) is 1. The lowest BCUT2D eigenvalue weighted by Crippen LogP contribution is -2.25. The van der Waals surface area contributed by atoms with E-state index in [9.17, 15) is 9.90 Å². The Labute approximate surface area is 117 Å². The normalized spacial score (nSPS) is 10.2. The zero-order valence-corrected chi connectivity index (χ0v) is 11.2. The molecule has 106 valence electrons. The number of amides is 1. The van der Waals surface area contributed by atoms with Crippen molar-refractivity contribution in [2.75, 3.05) is 13.7 Å². The zero-order valence-electron chi connectivity index (χ0n) is 11.2. The van der Waals surface area contributed by atoms with Gasteiger partial charge in [-0.25, -0.2) is 0 Å². The van der Waals surface area contributed by atoms with E-state index in [0.717, 1.165) is 13.0 Å². The fourth-order valence-corrected chi connectivity index (χ4v) is 1.80. The van der Waals surface area contributed by atoms with E-state index in [1.54, 1.807) is 16.9 Å². The van der Waals surface area contributed by atoms with E-state index in [0.29, 0.717) is 12.3 Å². The Morgan fingerprint density at radius 3 is 3.00 bits per heavy atom. The number of aromatic hydroxyl groups is 1. The Hall–Kier alpha value is -2.50. The molecule has 2 N–H and O–H groups in total. The monoisotopic (exact) mass is 275 g/mol. The molecule has 1 amide bonds. The van der Waals surface area contributed by atoms with E-state index in [4.69, 9.17) is 4.74 Å². The summed E-state index contributed by atoms with van der Waals surface area (Å²) >= 11 is 0. The van der Waals surface area contributed by atoms with Crippen molar-refractivity contribution in [2.45, 2.75) is 13.0 Å². The first-order valence-electron chi connectivity index (χ1n) is 6.33. The van der Waals surface area contributed by atoms with Gasteiger partial charge in [-0.2, -0.15) is 5.10 Å². The second-order valence-corrected chi connectivity index (χ2v) is 4.26. The fourth-order valence-electron chi connectivity index (χ4n) is 1.80. The fraction of sp³-hybridized carbons (Fsp3) is 0.286. The minimum absolute atomic E-state index is 0.0890. The summed E-state index contributed by atoms with van der Waals surface area (Å²) in [7, 11) is 1.50. The van der Waals surface area contributed by atoms with Crippen LogP contribution in [0.3, 0.4) is 0 Å². The Balaban J connectivity index is 1.82. The molecule has 0 saturated carbocycles. The summed E-state index contributed by atoms with van der Waals surface area (Å²) in [6, 6.07) is 6.45. The third-order valence-electron chi connectivity index (χ3n) is 2.86. The van der Waals surface area contributed by atoms with E-state index in [1.165, 1.54) is 19.2 Å². The number of hydrogen-bond donors (Lipinski definition) is 2. The van der Waals surface area contributed by atoms with Crippen molar-refractivity contribution in [3.8, 4) is 11.5 Å². The molecule has 1 heterocycles. The van der Waals surface area contributed by atoms with Crippen molar-refractivity contribution < 1.29 is 14.6 Å². The number of methoxy groups -OCH3 is 1. The summed E-state index contributed by atoms with van der Waals surface area (Å²) in [5.74, 6) is 0.122. The molecule has 0 fully saturated rings. The molecule has 0 aliphatic heterocycles. The first-order chi connectivity index (χ1) is 9.70. The van der Waals surface area contributed by atoms with Crippen LogP contribution in [0, 0.1) is 0 Å². The highest BCUT2D eigenvalue weighted by molar-refractivity contribution is 5.96. The maximum Gasteiger partial charge on any atom is 0.255 e. The van der Waals surface area contributed by atoms with Crippen LogP contribution < -0.4 is 10.1 Å². The molecule has 0 spiro atoms. The molecule has 6 heteroatoms. The predicted octanol–water partition coefficient (Wildman–Crippen LogP) is 1.42. The molecule has 0 aliphatic rings. The van der Waals surface area contributed by atoms with Gasteiger partial charge in [0.25, 0.3) is 5.91 Å². The highest BCUT2D eigenvalue weighted by atomic mass is 16.5. The second kappa shape index (κ2) is 6.60. The molecule has 0 unspecified atom stereocenters. The Morgan fingerprint density at radius 1 is 1.50 bits per heavy atom. The summed E-state index contributed by atoms with van der Waals surface area (Å²) < 4.78 is 6.77. The lowest BCUT2D eigenvalue weighted by Gasteiger charge is -2.08. The van der Waals surface area contributed by atoms with Crippen LogP contribution in [0.25, 0.3) is 0 Å². The highest BCUT2D eigenvalue weighted by Crippen LogP contribution is 2.23. The van der Waals surface area contributed by atoms with Crippen molar-refractivity contribution in [1.82, 2.24) is 15.1 Å². The van der Waals surface area contributed by atoms with Crippen LogP contribution in [-0.2, 0) is 6.54 Å². The van der Waals surface area contributed by atoms with Crippen molar-refractivity contribution in [3.63, 3.8) is 0 Å². The summed E-state index contributed by atoms with van der Waals surface area (Å²) in [6.45, 7) is 1.26. The smallest absolute Gasteiger partial charge is 0.255 e. The molecule has 0 saturated heterocycles. The quantitative estimate of drug-likeness (QED) is 0.782. The molecule has 0 atom stereocenters. The van der Waals surface area contributed by atoms with Gasteiger partial charge in [0.2, 0.25) is 0 Å². The van der Waals surface area contributed by atoms with E-state index < -0.39 is 0 Å². The first-order valence-corrected chi connectivity index (χ1v) is 6.33. The van der Waals surface area contributed by atoms with Crippen LogP contribution in [0.4, 0.5) is 0 Å². The van der Waals surface area contributed by atoms with Gasteiger partial charge in [0, 0.05) is 31.5 Å². The average Bonchev–Trinajstić information content (AvgIpc) is 2.96. The Kier molecular flexibility index (Phi) is 4.60. The third-order valence-corrected chi connectivity index (χ3v) is 2.86. The number of phenolic OH excluding ortho intramolecular Hbond substituents is 1. The molecule has 20 heavy (non-hydrogen) atoms. The third kappa shape index (κ3) is 3.50. The highest BCUT2D eigenvalue weighted by Gasteiger charge is 2.11. The number of carbonyl (C=O) groups excluding carboxylic acids is 1. The van der Waals surface area contributed by atoms with Gasteiger partial charge in [-0.3, -0.25) is 9.48 Å². The van der Waals surface area contributed by atoms with Crippen LogP contribution in [0.2, 0.25) is 0 Å². The number of aryl methyl sites for hydroxylation is 1. The molecular weight excluding hydrogens is 258 g/mol. The molecule has 1 aromatic heterocycles. The molecule has 2 aromatic rings. The summed E-state index contributed by atoms with van der Waals surface area (Å²) in [5.41, 5.74) is 0.241. The van der Waals surface area contributed by atoms with Crippen LogP contribution in [-0.4, -0.2) is 34.4 Å². The SMILES string of the molecule is COc1ccc(C(=O)NCCCn2cccn2)c(O)c1. The van der Waals surface area contributed by atoms with Crippen molar-refractivity contribution >= 4 is 5.91 Å². The van der Waals surface area contributed by atoms with Gasteiger partial charge in [-0.1, -0.05) is 0 Å². The molecule has 0 bridgehead atoms. The summed E-state index contributed by atoms with van der Waals surface area (Å²) in [4.78, 5) is 11.9. The van der Waals surface area contributed by atoms with Crippen LogP contribution in [0.15, 0.2) is 36.7 Å². The summed E-state index contributed by atoms with van der Waals surface area (Å²) in [6.07, 6.45) is 4.36. The van der Waals surface area contributed by atoms with Crippen molar-refractivity contribution in [1.29, 1.82) is 0 Å². The van der Waals surface area contributed by atoms with Crippen molar-refractivity contribution in [2.24, 2.45) is 0 Å². The topological polar surface area (TPSA) is 76.4 Å². The van der Waals surface area contributed by atoms with Gasteiger partial charge >= 0.3 is 0 Å². The van der Waals surface area contributed by atoms with Gasteiger partial charge < -0.3 is 15.2 Å². The number of carbonyl (C=O) groups is 1. The van der Waals surface area contributed by atoms with Gasteiger partial charge in [0.15, 0.2) is 0 Å². The first kappa shape index (κ1) is 13.9. The minimum Gasteiger partial charge on any atom is -0.507 e. The van der Waals surface area contributed by atoms with E-state index in [-0.39, 0.29) is 17.2 Å². The zero-order chi connectivity index (χ0) is 14.4. The molecular formula is C14H17N3O3. The maximum absolute atomic E-state index is 11.9. The van der Waals surface area contributed by atoms with Crippen LogP contribution in [0.5, 0.6) is 11.5 Å². The number of hydrogen-bond acceptors (Lipinski definition) is 4. The van der Waals surface area contributed by atoms with Crippen molar-refractivity contribution in [3.05, 3.63) is 42.2 Å². The number of rotatable bonds is 6. The predicted molar refractivity (Wildman–Crippen MR) is 73.8 cm³/mol. The number of benzene rings is 1. The van der Waals surface area contributed by atoms with Gasteiger partial charge in [0.1, 0.15) is 11.5 Å². The standard InChI is InChI=1S/C14H17N3O3/c1-20-11-4-5-12(13(18)10-11)14(19)15-6-2-8-17-9-3-7-16-17/h3-5,7,9-10,18H,2,6,8H2,1H3,(H,15,19). The summed E-state index contributed by atoms with van der Waals surface area (Å²) in [5, 5.41) is 16.6. The lowest BCUT2D eigenvalue weighted by atomic mass is 10.2. The molecule has 0 radical (unpaired) electrons. The lowest BCUT2D eigenvalue weighted by molar-refractivity contribution is 0.0950. The van der Waals surface area contributed by atoms with E-state index >= 15 is 0 Å². The molecule has 2 rings (SSSR count). The minimum atomic E-state index is -0.300. The molecule has 1 aromatic carbocycles. The Bertz CT molecular complexity index is 567. The number of nitrogens with zero attached hydrogens (tertiary/aromatic N) is 2. The Morgan fingerprint density at radius 2 is 2.35 bits per heavy atom. The molecule has 0 aliphatic carbocycles. The van der Waals surface area contributed by atoms with Gasteiger partial charge in [-0.05, 0) is 24.6 Å². The van der Waals surface area contributed by atoms with Gasteiger partial charge in [-0.15, -0.1) is 0 Å². The van der Waals surface area contributed by atoms with Gasteiger partial charge in [0.05, 0.1) is 12.7 Å². The molecule has 6 nitrogen and oxygen atoms in total. The largest absolute Gasteiger partial charge is 0.507 e. The van der Waals surface area contributed by atoms with Crippen LogP contribution >= 0.6 is 0 Å². The number of ether oxygens (including phenoxy) is 1.